The molecule has 0 unspecified atom stereocenters. The topological polar surface area (TPSA) is 95.1 Å². The Morgan fingerprint density at radius 3 is 2.36 bits per heavy atom. The summed E-state index contributed by atoms with van der Waals surface area (Å²) in [5.74, 6) is 1.13. The van der Waals surface area contributed by atoms with E-state index in [9.17, 15) is 9.59 Å². The average molecular weight is 386 g/mol. The van der Waals surface area contributed by atoms with Crippen LogP contribution < -0.4 is 29.8 Å². The normalized spacial score (nSPS) is 11.6. The van der Waals surface area contributed by atoms with Gasteiger partial charge in [0.15, 0.2) is 23.0 Å². The van der Waals surface area contributed by atoms with Crippen LogP contribution in [-0.2, 0) is 0 Å². The van der Waals surface area contributed by atoms with Gasteiger partial charge in [-0.25, -0.2) is 0 Å². The van der Waals surface area contributed by atoms with Gasteiger partial charge in [-0.05, 0) is 42.8 Å². The number of amides is 2. The summed E-state index contributed by atoms with van der Waals surface area (Å²) in [5.41, 5.74) is 5.42. The van der Waals surface area contributed by atoms with Gasteiger partial charge in [-0.15, -0.1) is 0 Å². The number of fused-ring (bicyclic) bond motifs is 1. The molecule has 8 heteroatoms. The summed E-state index contributed by atoms with van der Waals surface area (Å²) in [4.78, 5) is 24.6. The van der Waals surface area contributed by atoms with Crippen molar-refractivity contribution < 1.29 is 28.5 Å². The Labute approximate surface area is 162 Å². The molecule has 1 aliphatic heterocycles. The fourth-order valence-electron chi connectivity index (χ4n) is 2.55. The highest BCUT2D eigenvalue weighted by Gasteiger charge is 2.17. The van der Waals surface area contributed by atoms with Crippen molar-refractivity contribution in [2.75, 3.05) is 20.5 Å². The molecule has 8 nitrogen and oxygen atoms in total. The lowest BCUT2D eigenvalue weighted by atomic mass is 10.2. The van der Waals surface area contributed by atoms with Crippen LogP contribution in [0.3, 0.4) is 0 Å². The summed E-state index contributed by atoms with van der Waals surface area (Å²) in [6.07, 6.45) is 1.95. The van der Waals surface area contributed by atoms with Crippen molar-refractivity contribution in [1.29, 1.82) is 0 Å². The predicted molar refractivity (Wildman–Crippen MR) is 101 cm³/mol. The third kappa shape index (κ3) is 4.46. The number of benzene rings is 2. The van der Waals surface area contributed by atoms with Crippen LogP contribution in [0.1, 0.15) is 40.5 Å². The number of carbonyl (C=O) groups excluding carboxylic acids is 2. The maximum Gasteiger partial charge on any atom is 0.269 e. The van der Waals surface area contributed by atoms with E-state index in [1.165, 1.54) is 7.11 Å². The van der Waals surface area contributed by atoms with Gasteiger partial charge in [0, 0.05) is 11.1 Å². The van der Waals surface area contributed by atoms with Crippen LogP contribution >= 0.6 is 0 Å². The molecular weight excluding hydrogens is 364 g/mol. The molecule has 0 bridgehead atoms. The Bertz CT molecular complexity index is 868. The van der Waals surface area contributed by atoms with Crippen LogP contribution in [0.15, 0.2) is 36.4 Å². The molecule has 3 rings (SSSR count). The van der Waals surface area contributed by atoms with E-state index in [-0.39, 0.29) is 6.79 Å². The largest absolute Gasteiger partial charge is 0.493 e. The Hall–Kier alpha value is -3.42. The first kappa shape index (κ1) is 19.3. The fraction of sp³-hybridized carbons (Fsp3) is 0.300. The van der Waals surface area contributed by atoms with E-state index in [4.69, 9.17) is 18.9 Å². The van der Waals surface area contributed by atoms with Gasteiger partial charge in [0.05, 0.1) is 13.7 Å². The van der Waals surface area contributed by atoms with Crippen LogP contribution in [0, 0.1) is 0 Å². The SMILES string of the molecule is CCCCOc1ccc(C(=O)NNC(=O)c2ccc3c(c2)OCO3)cc1OC. The van der Waals surface area contributed by atoms with Crippen molar-refractivity contribution >= 4 is 11.8 Å². The molecule has 28 heavy (non-hydrogen) atoms. The van der Waals surface area contributed by atoms with Crippen LogP contribution in [0.4, 0.5) is 0 Å². The van der Waals surface area contributed by atoms with Crippen molar-refractivity contribution in [3.63, 3.8) is 0 Å². The van der Waals surface area contributed by atoms with Gasteiger partial charge in [0.1, 0.15) is 0 Å². The first-order chi connectivity index (χ1) is 13.6. The van der Waals surface area contributed by atoms with Crippen LogP contribution in [-0.4, -0.2) is 32.3 Å². The van der Waals surface area contributed by atoms with Gasteiger partial charge in [-0.3, -0.25) is 20.4 Å². The molecule has 2 aromatic rings. The summed E-state index contributed by atoms with van der Waals surface area (Å²) in [5, 5.41) is 0. The van der Waals surface area contributed by atoms with Gasteiger partial charge in [-0.1, -0.05) is 13.3 Å². The smallest absolute Gasteiger partial charge is 0.269 e. The van der Waals surface area contributed by atoms with Crippen LogP contribution in [0.5, 0.6) is 23.0 Å². The Morgan fingerprint density at radius 2 is 1.64 bits per heavy atom. The van der Waals surface area contributed by atoms with Gasteiger partial charge in [-0.2, -0.15) is 0 Å². The predicted octanol–water partition coefficient (Wildman–Crippen LogP) is 2.68. The average Bonchev–Trinajstić information content (AvgIpc) is 3.20. The summed E-state index contributed by atoms with van der Waals surface area (Å²) in [6.45, 7) is 2.77. The number of hydrogen-bond donors (Lipinski definition) is 2. The zero-order valence-corrected chi connectivity index (χ0v) is 15.7. The van der Waals surface area contributed by atoms with E-state index in [1.54, 1.807) is 36.4 Å². The maximum absolute atomic E-state index is 12.3. The number of unbranched alkanes of at least 4 members (excludes halogenated alkanes) is 1. The molecule has 2 amide bonds. The van der Waals surface area contributed by atoms with E-state index in [0.29, 0.717) is 40.7 Å². The summed E-state index contributed by atoms with van der Waals surface area (Å²) in [6, 6.07) is 9.61. The molecule has 0 saturated heterocycles. The highest BCUT2D eigenvalue weighted by molar-refractivity contribution is 5.99. The van der Waals surface area contributed by atoms with Crippen molar-refractivity contribution in [3.05, 3.63) is 47.5 Å². The zero-order chi connectivity index (χ0) is 19.9. The first-order valence-corrected chi connectivity index (χ1v) is 8.93. The minimum absolute atomic E-state index is 0.122. The Kier molecular flexibility index (Phi) is 6.21. The minimum atomic E-state index is -0.479. The highest BCUT2D eigenvalue weighted by Crippen LogP contribution is 2.32. The van der Waals surface area contributed by atoms with E-state index < -0.39 is 11.8 Å². The standard InChI is InChI=1S/C20H22N2O6/c1-3-4-9-26-15-7-5-13(10-17(15)25-2)19(23)21-22-20(24)14-6-8-16-18(11-14)28-12-27-16/h5-8,10-11H,3-4,9,12H2,1-2H3,(H,21,23)(H,22,24). The number of ether oxygens (including phenoxy) is 4. The second kappa shape index (κ2) is 8.98. The van der Waals surface area contributed by atoms with Crippen molar-refractivity contribution in [2.24, 2.45) is 0 Å². The molecule has 1 heterocycles. The molecule has 0 saturated carbocycles. The lowest BCUT2D eigenvalue weighted by Gasteiger charge is -2.12. The first-order valence-electron chi connectivity index (χ1n) is 8.93. The maximum atomic E-state index is 12.3. The number of methoxy groups -OCH3 is 1. The van der Waals surface area contributed by atoms with E-state index in [2.05, 4.69) is 17.8 Å². The highest BCUT2D eigenvalue weighted by atomic mass is 16.7. The molecule has 2 N–H and O–H groups in total. The summed E-state index contributed by atoms with van der Waals surface area (Å²) < 4.78 is 21.4. The molecule has 0 spiro atoms. The van der Waals surface area contributed by atoms with Crippen molar-refractivity contribution in [2.45, 2.75) is 19.8 Å². The third-order valence-electron chi connectivity index (χ3n) is 4.11. The lowest BCUT2D eigenvalue weighted by molar-refractivity contribution is 0.0846. The monoisotopic (exact) mass is 386 g/mol. The second-order valence-electron chi connectivity index (χ2n) is 6.04. The summed E-state index contributed by atoms with van der Waals surface area (Å²) in [7, 11) is 1.51. The second-order valence-corrected chi connectivity index (χ2v) is 6.04. The Balaban J connectivity index is 1.60. The Morgan fingerprint density at radius 1 is 0.964 bits per heavy atom. The minimum Gasteiger partial charge on any atom is -0.493 e. The molecule has 2 aromatic carbocycles. The number of hydrogen-bond acceptors (Lipinski definition) is 6. The van der Waals surface area contributed by atoms with Gasteiger partial charge in [0.2, 0.25) is 6.79 Å². The lowest BCUT2D eigenvalue weighted by Crippen LogP contribution is -2.41. The fourth-order valence-corrected chi connectivity index (χ4v) is 2.55. The quantitative estimate of drug-likeness (QED) is 0.561. The van der Waals surface area contributed by atoms with E-state index >= 15 is 0 Å². The molecule has 0 radical (unpaired) electrons. The van der Waals surface area contributed by atoms with Gasteiger partial charge >= 0.3 is 0 Å². The number of nitrogens with one attached hydrogen (secondary N) is 2. The molecule has 0 aromatic heterocycles. The van der Waals surface area contributed by atoms with Crippen molar-refractivity contribution in [1.82, 2.24) is 10.9 Å². The van der Waals surface area contributed by atoms with E-state index in [1.807, 2.05) is 0 Å². The van der Waals surface area contributed by atoms with Crippen molar-refractivity contribution in [3.8, 4) is 23.0 Å². The van der Waals surface area contributed by atoms with Gasteiger partial charge < -0.3 is 18.9 Å². The summed E-state index contributed by atoms with van der Waals surface area (Å²) >= 11 is 0. The molecule has 0 fully saturated rings. The molecule has 0 atom stereocenters. The number of carbonyl (C=O) groups is 2. The van der Waals surface area contributed by atoms with E-state index in [0.717, 1.165) is 12.8 Å². The zero-order valence-electron chi connectivity index (χ0n) is 15.7. The molecule has 0 aliphatic carbocycles. The molecule has 1 aliphatic rings. The third-order valence-corrected chi connectivity index (χ3v) is 4.11. The van der Waals surface area contributed by atoms with Crippen LogP contribution in [0.25, 0.3) is 0 Å². The van der Waals surface area contributed by atoms with Crippen LogP contribution in [0.2, 0.25) is 0 Å². The molecular formula is C20H22N2O6. The number of rotatable bonds is 7. The molecule has 148 valence electrons. The van der Waals surface area contributed by atoms with Gasteiger partial charge in [0.25, 0.3) is 11.8 Å². The number of hydrazine groups is 1.